The lowest BCUT2D eigenvalue weighted by molar-refractivity contribution is 0.0650. The molecule has 5 rings (SSSR count). The molecule has 3 heterocycles. The smallest absolute Gasteiger partial charge is 0.254 e. The fraction of sp³-hybridized carbons (Fsp3) is 0.364. The fourth-order valence-corrected chi connectivity index (χ4v) is 4.32. The van der Waals surface area contributed by atoms with Gasteiger partial charge in [0.1, 0.15) is 13.2 Å². The summed E-state index contributed by atoms with van der Waals surface area (Å²) >= 11 is 6.20. The van der Waals surface area contributed by atoms with Crippen LogP contribution in [0.5, 0.6) is 23.0 Å². The van der Waals surface area contributed by atoms with Crippen LogP contribution in [0.3, 0.4) is 0 Å². The first-order valence-electron chi connectivity index (χ1n) is 9.92. The summed E-state index contributed by atoms with van der Waals surface area (Å²) < 4.78 is 21.7. The number of benzene rings is 2. The van der Waals surface area contributed by atoms with Gasteiger partial charge >= 0.3 is 0 Å². The third kappa shape index (κ3) is 3.43. The Morgan fingerprint density at radius 1 is 0.867 bits per heavy atom. The van der Waals surface area contributed by atoms with Crippen LogP contribution < -0.4 is 18.9 Å². The number of carbonyl (C=O) groups excluding carboxylic acids is 2. The van der Waals surface area contributed by atoms with Crippen molar-refractivity contribution in [2.45, 2.75) is 12.8 Å². The Balaban J connectivity index is 1.25. The van der Waals surface area contributed by atoms with E-state index in [2.05, 4.69) is 0 Å². The lowest BCUT2D eigenvalue weighted by Crippen LogP contribution is -2.40. The minimum absolute atomic E-state index is 0.0743. The minimum atomic E-state index is -0.128. The van der Waals surface area contributed by atoms with Gasteiger partial charge in [0.05, 0.1) is 5.02 Å². The quantitative estimate of drug-likeness (QED) is 0.694. The lowest BCUT2D eigenvalue weighted by Gasteiger charge is -2.31. The molecule has 3 aliphatic heterocycles. The first-order valence-corrected chi connectivity index (χ1v) is 10.3. The Kier molecular flexibility index (Phi) is 4.90. The second kappa shape index (κ2) is 7.72. The molecule has 0 N–H and O–H groups in total. The molecule has 2 aromatic rings. The maximum absolute atomic E-state index is 13.0. The van der Waals surface area contributed by atoms with Crippen LogP contribution in [-0.2, 0) is 0 Å². The number of carbonyl (C=O) groups is 2. The zero-order valence-corrected chi connectivity index (χ0v) is 16.9. The standard InChI is InChI=1S/C22H20ClNO6/c23-16-9-15(11-19-21(16)30-12-29-19)22(26)24-5-3-13(4-6-24)20(25)14-1-2-17-18(10-14)28-8-7-27-17/h1-2,9-11,13H,3-8,12H2. The van der Waals surface area contributed by atoms with Gasteiger partial charge in [-0.15, -0.1) is 0 Å². The Hall–Kier alpha value is -2.93. The van der Waals surface area contributed by atoms with Crippen molar-refractivity contribution in [3.8, 4) is 23.0 Å². The number of likely N-dealkylation sites (tertiary alicyclic amines) is 1. The van der Waals surface area contributed by atoms with Crippen LogP contribution >= 0.6 is 11.6 Å². The second-order valence-corrected chi connectivity index (χ2v) is 7.89. The lowest BCUT2D eigenvalue weighted by atomic mass is 9.88. The van der Waals surface area contributed by atoms with E-state index in [1.807, 2.05) is 0 Å². The van der Waals surface area contributed by atoms with Crippen molar-refractivity contribution < 1.29 is 28.5 Å². The Morgan fingerprint density at radius 2 is 1.60 bits per heavy atom. The van der Waals surface area contributed by atoms with Crippen molar-refractivity contribution in [3.05, 3.63) is 46.5 Å². The van der Waals surface area contributed by atoms with Crippen LogP contribution in [-0.4, -0.2) is 49.7 Å². The van der Waals surface area contributed by atoms with Gasteiger partial charge in [0.15, 0.2) is 28.8 Å². The van der Waals surface area contributed by atoms with Crippen molar-refractivity contribution >= 4 is 23.3 Å². The molecule has 0 unspecified atom stereocenters. The molecule has 0 aromatic heterocycles. The number of nitrogens with zero attached hydrogens (tertiary/aromatic N) is 1. The van der Waals surface area contributed by atoms with E-state index in [4.69, 9.17) is 30.5 Å². The van der Waals surface area contributed by atoms with Gasteiger partial charge in [-0.05, 0) is 43.2 Å². The largest absolute Gasteiger partial charge is 0.486 e. The number of fused-ring (bicyclic) bond motifs is 2. The van der Waals surface area contributed by atoms with Crippen LogP contribution in [0.4, 0.5) is 0 Å². The van der Waals surface area contributed by atoms with Crippen molar-refractivity contribution in [1.82, 2.24) is 4.90 Å². The van der Waals surface area contributed by atoms with Crippen LogP contribution in [0.15, 0.2) is 30.3 Å². The van der Waals surface area contributed by atoms with E-state index in [0.29, 0.717) is 78.3 Å². The van der Waals surface area contributed by atoms with E-state index in [9.17, 15) is 9.59 Å². The zero-order valence-electron chi connectivity index (χ0n) is 16.2. The molecule has 0 radical (unpaired) electrons. The van der Waals surface area contributed by atoms with Crippen molar-refractivity contribution in [2.75, 3.05) is 33.1 Å². The van der Waals surface area contributed by atoms with Gasteiger partial charge in [-0.1, -0.05) is 11.6 Å². The van der Waals surface area contributed by atoms with Gasteiger partial charge in [-0.3, -0.25) is 9.59 Å². The maximum atomic E-state index is 13.0. The Morgan fingerprint density at radius 3 is 2.40 bits per heavy atom. The normalized spacial score (nSPS) is 17.7. The monoisotopic (exact) mass is 429 g/mol. The fourth-order valence-electron chi connectivity index (χ4n) is 4.05. The number of Topliss-reactive ketones (excluding diaryl/α,β-unsaturated/α-hetero) is 1. The van der Waals surface area contributed by atoms with E-state index in [-0.39, 0.29) is 24.4 Å². The summed E-state index contributed by atoms with van der Waals surface area (Å²) in [6.07, 6.45) is 1.22. The highest BCUT2D eigenvalue weighted by Gasteiger charge is 2.30. The number of hydrogen-bond acceptors (Lipinski definition) is 6. The minimum Gasteiger partial charge on any atom is -0.486 e. The molecule has 1 fully saturated rings. The number of piperidine rings is 1. The second-order valence-electron chi connectivity index (χ2n) is 7.48. The SMILES string of the molecule is O=C(c1ccc2c(c1)OCCO2)C1CCN(C(=O)c2cc(Cl)c3c(c2)OCO3)CC1. The summed E-state index contributed by atoms with van der Waals surface area (Å²) in [7, 11) is 0. The van der Waals surface area contributed by atoms with Gasteiger partial charge in [0.25, 0.3) is 5.91 Å². The van der Waals surface area contributed by atoms with Crippen LogP contribution in [0.2, 0.25) is 5.02 Å². The van der Waals surface area contributed by atoms with Gasteiger partial charge in [0.2, 0.25) is 6.79 Å². The van der Waals surface area contributed by atoms with Gasteiger partial charge in [0, 0.05) is 30.1 Å². The number of ether oxygens (including phenoxy) is 4. The average molecular weight is 430 g/mol. The third-order valence-corrected chi connectivity index (χ3v) is 5.93. The van der Waals surface area contributed by atoms with E-state index < -0.39 is 0 Å². The van der Waals surface area contributed by atoms with Gasteiger partial charge in [-0.2, -0.15) is 0 Å². The zero-order chi connectivity index (χ0) is 20.7. The maximum Gasteiger partial charge on any atom is 0.254 e. The Bertz CT molecular complexity index is 1010. The van der Waals surface area contributed by atoms with Crippen LogP contribution in [0, 0.1) is 5.92 Å². The number of amides is 1. The molecule has 7 nitrogen and oxygen atoms in total. The molecular weight excluding hydrogens is 410 g/mol. The summed E-state index contributed by atoms with van der Waals surface area (Å²) in [5.74, 6) is 2.05. The number of halogens is 1. The van der Waals surface area contributed by atoms with Gasteiger partial charge in [-0.25, -0.2) is 0 Å². The number of ketones is 1. The summed E-state index contributed by atoms with van der Waals surface area (Å²) in [4.78, 5) is 27.6. The number of hydrogen-bond donors (Lipinski definition) is 0. The van der Waals surface area contributed by atoms with Crippen molar-refractivity contribution in [2.24, 2.45) is 5.92 Å². The van der Waals surface area contributed by atoms with Gasteiger partial charge < -0.3 is 23.8 Å². The summed E-state index contributed by atoms with van der Waals surface area (Å²) in [6.45, 7) is 2.11. The average Bonchev–Trinajstić information content (AvgIpc) is 3.27. The molecule has 0 saturated carbocycles. The van der Waals surface area contributed by atoms with Crippen LogP contribution in [0.25, 0.3) is 0 Å². The van der Waals surface area contributed by atoms with E-state index in [1.54, 1.807) is 35.2 Å². The summed E-state index contributed by atoms with van der Waals surface area (Å²) in [5, 5.41) is 0.358. The molecule has 1 saturated heterocycles. The number of rotatable bonds is 3. The first kappa shape index (κ1) is 19.1. The predicted molar refractivity (Wildman–Crippen MR) is 108 cm³/mol. The highest BCUT2D eigenvalue weighted by Crippen LogP contribution is 2.40. The summed E-state index contributed by atoms with van der Waals surface area (Å²) in [6, 6.07) is 8.57. The molecule has 0 aliphatic carbocycles. The topological polar surface area (TPSA) is 74.3 Å². The van der Waals surface area contributed by atoms with E-state index in [1.165, 1.54) is 0 Å². The molecule has 0 spiro atoms. The molecule has 0 bridgehead atoms. The van der Waals surface area contributed by atoms with E-state index in [0.717, 1.165) is 0 Å². The van der Waals surface area contributed by atoms with E-state index >= 15 is 0 Å². The first-order chi connectivity index (χ1) is 14.6. The highest BCUT2D eigenvalue weighted by atomic mass is 35.5. The molecule has 8 heteroatoms. The predicted octanol–water partition coefficient (Wildman–Crippen LogP) is 3.58. The molecule has 1 amide bonds. The molecular formula is C22H20ClNO6. The molecule has 3 aliphatic rings. The third-order valence-electron chi connectivity index (χ3n) is 5.65. The van der Waals surface area contributed by atoms with Crippen molar-refractivity contribution in [1.29, 1.82) is 0 Å². The van der Waals surface area contributed by atoms with Crippen molar-refractivity contribution in [3.63, 3.8) is 0 Å². The Labute approximate surface area is 178 Å². The molecule has 2 aromatic carbocycles. The summed E-state index contributed by atoms with van der Waals surface area (Å²) in [5.41, 5.74) is 1.08. The molecule has 156 valence electrons. The van der Waals surface area contributed by atoms with Crippen LogP contribution in [0.1, 0.15) is 33.6 Å². The highest BCUT2D eigenvalue weighted by molar-refractivity contribution is 6.32. The molecule has 30 heavy (non-hydrogen) atoms. The molecule has 0 atom stereocenters.